The van der Waals surface area contributed by atoms with E-state index in [-0.39, 0.29) is 12.1 Å². The maximum absolute atomic E-state index is 12.9. The van der Waals surface area contributed by atoms with Crippen molar-refractivity contribution < 1.29 is 14.3 Å². The van der Waals surface area contributed by atoms with Gasteiger partial charge >= 0.3 is 6.03 Å². The minimum Gasteiger partial charge on any atom is -0.497 e. The minimum atomic E-state index is -0.159. The first kappa shape index (κ1) is 19.7. The van der Waals surface area contributed by atoms with Gasteiger partial charge in [-0.25, -0.2) is 4.79 Å². The molecule has 1 heterocycles. The predicted molar refractivity (Wildman–Crippen MR) is 107 cm³/mol. The van der Waals surface area contributed by atoms with Crippen LogP contribution in [0.2, 0.25) is 0 Å². The molecule has 6 heteroatoms. The van der Waals surface area contributed by atoms with E-state index in [2.05, 4.69) is 11.4 Å². The van der Waals surface area contributed by atoms with Crippen LogP contribution in [0.15, 0.2) is 48.5 Å². The molecule has 2 aromatic carbocycles. The van der Waals surface area contributed by atoms with E-state index in [9.17, 15) is 4.79 Å². The van der Waals surface area contributed by atoms with Crippen LogP contribution >= 0.6 is 0 Å². The Morgan fingerprint density at radius 1 is 1.25 bits per heavy atom. The largest absolute Gasteiger partial charge is 0.497 e. The molecule has 0 saturated carbocycles. The topological polar surface area (TPSA) is 74.6 Å². The minimum absolute atomic E-state index is 0.0857. The Kier molecular flexibility index (Phi) is 6.88. The molecule has 1 N–H and O–H groups in total. The van der Waals surface area contributed by atoms with Gasteiger partial charge in [0.15, 0.2) is 0 Å². The molecule has 0 spiro atoms. The summed E-state index contributed by atoms with van der Waals surface area (Å²) in [6.07, 6.45) is 2.84. The molecule has 1 saturated heterocycles. The molecular weight excluding hydrogens is 354 g/mol. The van der Waals surface area contributed by atoms with Crippen LogP contribution in [0.3, 0.4) is 0 Å². The number of anilines is 1. The van der Waals surface area contributed by atoms with E-state index in [0.717, 1.165) is 37.2 Å². The number of carbonyl (C=O) groups is 1. The number of methoxy groups -OCH3 is 1. The lowest BCUT2D eigenvalue weighted by atomic mass is 10.1. The fourth-order valence-electron chi connectivity index (χ4n) is 3.20. The van der Waals surface area contributed by atoms with Crippen molar-refractivity contribution in [1.29, 1.82) is 5.26 Å². The number of carbonyl (C=O) groups excluding carboxylic acids is 1. The number of urea groups is 1. The summed E-state index contributed by atoms with van der Waals surface area (Å²) < 4.78 is 10.9. The second-order valence-corrected chi connectivity index (χ2v) is 6.80. The average molecular weight is 379 g/mol. The van der Waals surface area contributed by atoms with E-state index < -0.39 is 0 Å². The van der Waals surface area contributed by atoms with Crippen LogP contribution < -0.4 is 10.1 Å². The summed E-state index contributed by atoms with van der Waals surface area (Å²) in [6, 6.07) is 16.7. The molecule has 28 heavy (non-hydrogen) atoms. The van der Waals surface area contributed by atoms with Gasteiger partial charge < -0.3 is 19.7 Å². The Labute approximate surface area is 165 Å². The molecule has 2 aromatic rings. The van der Waals surface area contributed by atoms with Gasteiger partial charge in [0, 0.05) is 25.4 Å². The number of nitriles is 1. The van der Waals surface area contributed by atoms with E-state index in [4.69, 9.17) is 14.7 Å². The zero-order valence-electron chi connectivity index (χ0n) is 16.1. The lowest BCUT2D eigenvalue weighted by Crippen LogP contribution is -2.41. The molecule has 1 unspecified atom stereocenters. The second kappa shape index (κ2) is 9.77. The SMILES string of the molecule is COc1ccc(CCN(CC2CCCO2)C(=O)Nc2ccc(C#N)cc2)cc1. The number of nitrogens with zero attached hydrogens (tertiary/aromatic N) is 2. The number of nitrogens with one attached hydrogen (secondary N) is 1. The summed E-state index contributed by atoms with van der Waals surface area (Å²) in [6.45, 7) is 1.92. The average Bonchev–Trinajstić information content (AvgIpc) is 3.25. The highest BCUT2D eigenvalue weighted by atomic mass is 16.5. The molecule has 1 fully saturated rings. The van der Waals surface area contributed by atoms with Crippen molar-refractivity contribution in [3.63, 3.8) is 0 Å². The van der Waals surface area contributed by atoms with Crippen molar-refractivity contribution in [2.45, 2.75) is 25.4 Å². The van der Waals surface area contributed by atoms with E-state index in [0.29, 0.717) is 24.3 Å². The quantitative estimate of drug-likeness (QED) is 0.793. The first-order valence-electron chi connectivity index (χ1n) is 9.48. The zero-order valence-corrected chi connectivity index (χ0v) is 16.1. The molecule has 2 amide bonds. The van der Waals surface area contributed by atoms with Crippen LogP contribution in [0.1, 0.15) is 24.0 Å². The Balaban J connectivity index is 1.63. The number of hydrogen-bond acceptors (Lipinski definition) is 4. The van der Waals surface area contributed by atoms with Crippen LogP contribution in [-0.4, -0.2) is 43.8 Å². The molecule has 0 bridgehead atoms. The van der Waals surface area contributed by atoms with E-state index in [1.54, 1.807) is 36.3 Å². The van der Waals surface area contributed by atoms with Crippen molar-refractivity contribution in [3.8, 4) is 11.8 Å². The van der Waals surface area contributed by atoms with Gasteiger partial charge in [0.1, 0.15) is 5.75 Å². The molecule has 6 nitrogen and oxygen atoms in total. The summed E-state index contributed by atoms with van der Waals surface area (Å²) >= 11 is 0. The maximum Gasteiger partial charge on any atom is 0.321 e. The second-order valence-electron chi connectivity index (χ2n) is 6.80. The highest BCUT2D eigenvalue weighted by molar-refractivity contribution is 5.89. The highest BCUT2D eigenvalue weighted by Gasteiger charge is 2.22. The van der Waals surface area contributed by atoms with E-state index in [1.807, 2.05) is 24.3 Å². The van der Waals surface area contributed by atoms with Crippen LogP contribution in [0.4, 0.5) is 10.5 Å². The molecule has 1 atom stereocenters. The van der Waals surface area contributed by atoms with Gasteiger partial charge in [0.2, 0.25) is 0 Å². The number of hydrogen-bond donors (Lipinski definition) is 1. The number of amides is 2. The third-order valence-electron chi connectivity index (χ3n) is 4.83. The fraction of sp³-hybridized carbons (Fsp3) is 0.364. The summed E-state index contributed by atoms with van der Waals surface area (Å²) in [5.74, 6) is 0.818. The molecule has 0 aromatic heterocycles. The summed E-state index contributed by atoms with van der Waals surface area (Å²) in [5, 5.41) is 11.8. The normalized spacial score (nSPS) is 15.6. The molecule has 146 valence electrons. The lowest BCUT2D eigenvalue weighted by molar-refractivity contribution is 0.0839. The Morgan fingerprint density at radius 2 is 2.00 bits per heavy atom. The first-order valence-corrected chi connectivity index (χ1v) is 9.48. The molecule has 0 radical (unpaired) electrons. The third-order valence-corrected chi connectivity index (χ3v) is 4.83. The fourth-order valence-corrected chi connectivity index (χ4v) is 3.20. The molecule has 3 rings (SSSR count). The standard InChI is InChI=1S/C22H25N3O3/c1-27-20-10-6-17(7-11-20)12-13-25(16-21-3-2-14-28-21)22(26)24-19-8-4-18(15-23)5-9-19/h4-11,21H,2-3,12-14,16H2,1H3,(H,24,26). The monoisotopic (exact) mass is 379 g/mol. The van der Waals surface area contributed by atoms with Gasteiger partial charge in [-0.2, -0.15) is 5.26 Å². The number of rotatable bonds is 7. The molecule has 1 aliphatic rings. The molecule has 1 aliphatic heterocycles. The van der Waals surface area contributed by atoms with Crippen molar-refractivity contribution in [1.82, 2.24) is 4.90 Å². The van der Waals surface area contributed by atoms with Crippen molar-refractivity contribution >= 4 is 11.7 Å². The lowest BCUT2D eigenvalue weighted by Gasteiger charge is -2.26. The summed E-state index contributed by atoms with van der Waals surface area (Å²) in [4.78, 5) is 14.7. The smallest absolute Gasteiger partial charge is 0.321 e. The van der Waals surface area contributed by atoms with Gasteiger partial charge in [-0.3, -0.25) is 0 Å². The molecular formula is C22H25N3O3. The van der Waals surface area contributed by atoms with Crippen LogP contribution in [0, 0.1) is 11.3 Å². The summed E-state index contributed by atoms with van der Waals surface area (Å²) in [7, 11) is 1.64. The third kappa shape index (κ3) is 5.48. The van der Waals surface area contributed by atoms with Gasteiger partial charge in [-0.15, -0.1) is 0 Å². The van der Waals surface area contributed by atoms with Crippen molar-refractivity contribution in [2.75, 3.05) is 32.1 Å². The van der Waals surface area contributed by atoms with Gasteiger partial charge in [-0.1, -0.05) is 12.1 Å². The summed E-state index contributed by atoms with van der Waals surface area (Å²) in [5.41, 5.74) is 2.38. The Hall–Kier alpha value is -3.04. The maximum atomic E-state index is 12.9. The van der Waals surface area contributed by atoms with Crippen molar-refractivity contribution in [2.24, 2.45) is 0 Å². The zero-order chi connectivity index (χ0) is 19.8. The van der Waals surface area contributed by atoms with Crippen LogP contribution in [-0.2, 0) is 11.2 Å². The first-order chi connectivity index (χ1) is 13.7. The van der Waals surface area contributed by atoms with E-state index in [1.165, 1.54) is 0 Å². The van der Waals surface area contributed by atoms with Crippen LogP contribution in [0.5, 0.6) is 5.75 Å². The number of benzene rings is 2. The number of ether oxygens (including phenoxy) is 2. The van der Waals surface area contributed by atoms with Gasteiger partial charge in [-0.05, 0) is 61.2 Å². The highest BCUT2D eigenvalue weighted by Crippen LogP contribution is 2.17. The van der Waals surface area contributed by atoms with E-state index >= 15 is 0 Å². The van der Waals surface area contributed by atoms with Gasteiger partial charge in [0.25, 0.3) is 0 Å². The Morgan fingerprint density at radius 3 is 2.61 bits per heavy atom. The van der Waals surface area contributed by atoms with Gasteiger partial charge in [0.05, 0.1) is 24.8 Å². The van der Waals surface area contributed by atoms with Crippen molar-refractivity contribution in [3.05, 3.63) is 59.7 Å². The Bertz CT molecular complexity index is 806. The van der Waals surface area contributed by atoms with Crippen LogP contribution in [0.25, 0.3) is 0 Å². The predicted octanol–water partition coefficient (Wildman–Crippen LogP) is 3.82. The molecule has 0 aliphatic carbocycles.